The molecule has 1 heterocycles. The molecule has 3 rings (SSSR count). The summed E-state index contributed by atoms with van der Waals surface area (Å²) >= 11 is 5.39. The molecule has 1 aromatic heterocycles. The molecule has 0 aliphatic heterocycles. The average molecular weight is 431 g/mol. The molecule has 0 aliphatic rings. The van der Waals surface area contributed by atoms with Crippen LogP contribution >= 0.6 is 39.5 Å². The lowest BCUT2D eigenvalue weighted by atomic mass is 10.2. The molecule has 8 heteroatoms. The summed E-state index contributed by atoms with van der Waals surface area (Å²) < 4.78 is 42.8. The summed E-state index contributed by atoms with van der Waals surface area (Å²) in [5, 5.41) is 8.36. The third kappa shape index (κ3) is 2.98. The maximum Gasteiger partial charge on any atom is 0.184 e. The van der Waals surface area contributed by atoms with Crippen molar-refractivity contribution < 1.29 is 13.2 Å². The number of hydrogen-bond acceptors (Lipinski definition) is 3. The lowest BCUT2D eigenvalue weighted by Crippen LogP contribution is -1.98. The standard InChI is InChI=1S/C16H10BrF3N2S2/c1-23-16(21)9-6-7(2-3-10(9)18)24-15-11(17)8-4-5-22-14(8)12(19)13(15)20/h2-6,21-22H,1H3. The van der Waals surface area contributed by atoms with Crippen LogP contribution in [-0.2, 0) is 0 Å². The molecule has 0 saturated heterocycles. The van der Waals surface area contributed by atoms with Crippen LogP contribution in [0.3, 0.4) is 0 Å². The summed E-state index contributed by atoms with van der Waals surface area (Å²) in [7, 11) is 0. The van der Waals surface area contributed by atoms with E-state index in [1.165, 1.54) is 24.4 Å². The van der Waals surface area contributed by atoms with Gasteiger partial charge in [0.25, 0.3) is 0 Å². The van der Waals surface area contributed by atoms with Crippen molar-refractivity contribution in [3.05, 3.63) is 58.0 Å². The van der Waals surface area contributed by atoms with E-state index in [9.17, 15) is 13.2 Å². The predicted octanol–water partition coefficient (Wildman–Crippen LogP) is 6.19. The van der Waals surface area contributed by atoms with Gasteiger partial charge in [-0.1, -0.05) is 11.8 Å². The van der Waals surface area contributed by atoms with Gasteiger partial charge in [-0.25, -0.2) is 13.2 Å². The highest BCUT2D eigenvalue weighted by atomic mass is 79.9. The predicted molar refractivity (Wildman–Crippen MR) is 96.8 cm³/mol. The van der Waals surface area contributed by atoms with Crippen LogP contribution in [0, 0.1) is 22.9 Å². The van der Waals surface area contributed by atoms with E-state index < -0.39 is 17.5 Å². The first-order valence-electron chi connectivity index (χ1n) is 6.68. The first kappa shape index (κ1) is 17.4. The van der Waals surface area contributed by atoms with Gasteiger partial charge in [0.2, 0.25) is 0 Å². The van der Waals surface area contributed by atoms with Gasteiger partial charge in [0.05, 0.1) is 15.5 Å². The van der Waals surface area contributed by atoms with Crippen molar-refractivity contribution >= 4 is 55.4 Å². The van der Waals surface area contributed by atoms with Gasteiger partial charge in [-0.15, -0.1) is 11.8 Å². The van der Waals surface area contributed by atoms with Crippen molar-refractivity contribution in [3.63, 3.8) is 0 Å². The summed E-state index contributed by atoms with van der Waals surface area (Å²) in [5.41, 5.74) is 0.222. The molecule has 2 aromatic carbocycles. The zero-order valence-corrected chi connectivity index (χ0v) is 15.4. The Morgan fingerprint density at radius 1 is 1.17 bits per heavy atom. The normalized spacial score (nSPS) is 11.2. The molecule has 0 radical (unpaired) electrons. The molecule has 0 unspecified atom stereocenters. The zero-order valence-electron chi connectivity index (χ0n) is 12.2. The second-order valence-electron chi connectivity index (χ2n) is 4.81. The Balaban J connectivity index is 2.09. The van der Waals surface area contributed by atoms with Crippen LogP contribution in [0.4, 0.5) is 13.2 Å². The van der Waals surface area contributed by atoms with Crippen LogP contribution in [0.25, 0.3) is 10.9 Å². The molecule has 24 heavy (non-hydrogen) atoms. The Bertz CT molecular complexity index is 956. The number of benzene rings is 2. The average Bonchev–Trinajstić information content (AvgIpc) is 3.07. The quantitative estimate of drug-likeness (QED) is 0.295. The summed E-state index contributed by atoms with van der Waals surface area (Å²) in [6.07, 6.45) is 3.20. The van der Waals surface area contributed by atoms with E-state index in [-0.39, 0.29) is 21.0 Å². The van der Waals surface area contributed by atoms with E-state index in [1.807, 2.05) is 0 Å². The number of halogens is 4. The highest BCUT2D eigenvalue weighted by molar-refractivity contribution is 9.10. The van der Waals surface area contributed by atoms with Crippen LogP contribution in [0.5, 0.6) is 0 Å². The fourth-order valence-electron chi connectivity index (χ4n) is 2.22. The topological polar surface area (TPSA) is 39.6 Å². The number of aromatic nitrogens is 1. The Morgan fingerprint density at radius 3 is 2.62 bits per heavy atom. The van der Waals surface area contributed by atoms with E-state index in [1.54, 1.807) is 12.3 Å². The van der Waals surface area contributed by atoms with Gasteiger partial charge in [-0.2, -0.15) is 0 Å². The maximum absolute atomic E-state index is 14.4. The van der Waals surface area contributed by atoms with Crippen LogP contribution in [0.2, 0.25) is 0 Å². The summed E-state index contributed by atoms with van der Waals surface area (Å²) in [6.45, 7) is 0. The fourth-order valence-corrected chi connectivity index (χ4v) is 4.27. The molecule has 0 bridgehead atoms. The van der Waals surface area contributed by atoms with E-state index in [0.717, 1.165) is 23.5 Å². The Hall–Kier alpha value is -1.38. The van der Waals surface area contributed by atoms with Crippen LogP contribution in [-0.4, -0.2) is 16.3 Å². The molecular formula is C16H10BrF3N2S2. The molecule has 0 amide bonds. The summed E-state index contributed by atoms with van der Waals surface area (Å²) in [6, 6.07) is 5.80. The first-order chi connectivity index (χ1) is 11.4. The number of rotatable bonds is 3. The highest BCUT2D eigenvalue weighted by Gasteiger charge is 2.21. The first-order valence-corrected chi connectivity index (χ1v) is 9.51. The van der Waals surface area contributed by atoms with Gasteiger partial charge in [0, 0.05) is 26.5 Å². The van der Waals surface area contributed by atoms with Gasteiger partial charge in [0.1, 0.15) is 5.82 Å². The van der Waals surface area contributed by atoms with Gasteiger partial charge >= 0.3 is 0 Å². The molecule has 3 aromatic rings. The van der Waals surface area contributed by atoms with E-state index in [2.05, 4.69) is 20.9 Å². The lowest BCUT2D eigenvalue weighted by Gasteiger charge is -2.10. The number of fused-ring (bicyclic) bond motifs is 1. The van der Waals surface area contributed by atoms with Gasteiger partial charge in [-0.05, 0) is 46.5 Å². The summed E-state index contributed by atoms with van der Waals surface area (Å²) in [4.78, 5) is 3.25. The molecule has 0 atom stereocenters. The van der Waals surface area contributed by atoms with Crippen molar-refractivity contribution in [2.45, 2.75) is 9.79 Å². The molecule has 124 valence electrons. The number of hydrogen-bond donors (Lipinski definition) is 2. The second-order valence-corrected chi connectivity index (χ2v) is 7.51. The summed E-state index contributed by atoms with van der Waals surface area (Å²) in [5.74, 6) is -2.46. The van der Waals surface area contributed by atoms with Crippen molar-refractivity contribution in [2.24, 2.45) is 0 Å². The highest BCUT2D eigenvalue weighted by Crippen LogP contribution is 2.41. The minimum Gasteiger partial charge on any atom is -0.359 e. The number of aromatic amines is 1. The third-order valence-corrected chi connectivity index (χ3v) is 6.19. The van der Waals surface area contributed by atoms with Crippen molar-refractivity contribution in [1.82, 2.24) is 4.98 Å². The number of H-pyrrole nitrogens is 1. The molecular weight excluding hydrogens is 421 g/mol. The number of thioether (sulfide) groups is 1. The minimum absolute atomic E-state index is 0.0711. The van der Waals surface area contributed by atoms with Gasteiger partial charge in [-0.3, -0.25) is 5.41 Å². The van der Waals surface area contributed by atoms with Crippen LogP contribution in [0.15, 0.2) is 44.7 Å². The molecule has 2 nitrogen and oxygen atoms in total. The minimum atomic E-state index is -0.979. The Morgan fingerprint density at radius 2 is 1.92 bits per heavy atom. The zero-order chi connectivity index (χ0) is 17.4. The molecule has 0 spiro atoms. The van der Waals surface area contributed by atoms with Gasteiger partial charge < -0.3 is 4.98 Å². The van der Waals surface area contributed by atoms with E-state index in [0.29, 0.717) is 14.8 Å². The molecule has 0 fully saturated rings. The Labute approximate surface area is 152 Å². The largest absolute Gasteiger partial charge is 0.359 e. The van der Waals surface area contributed by atoms with E-state index >= 15 is 0 Å². The van der Waals surface area contributed by atoms with Crippen molar-refractivity contribution in [2.75, 3.05) is 6.26 Å². The SMILES string of the molecule is CSC(=N)c1cc(Sc2c(F)c(F)c3[nH]ccc3c2Br)ccc1F. The molecule has 2 N–H and O–H groups in total. The molecule has 0 saturated carbocycles. The number of nitrogens with one attached hydrogen (secondary N) is 2. The van der Waals surface area contributed by atoms with Crippen LogP contribution < -0.4 is 0 Å². The molecule has 0 aliphatic carbocycles. The van der Waals surface area contributed by atoms with Gasteiger partial charge in [0.15, 0.2) is 11.6 Å². The Kier molecular flexibility index (Phi) is 4.98. The second kappa shape index (κ2) is 6.85. The monoisotopic (exact) mass is 430 g/mol. The maximum atomic E-state index is 14.4. The van der Waals surface area contributed by atoms with Crippen LogP contribution in [0.1, 0.15) is 5.56 Å². The van der Waals surface area contributed by atoms with Crippen molar-refractivity contribution in [1.29, 1.82) is 5.41 Å². The van der Waals surface area contributed by atoms with Crippen molar-refractivity contribution in [3.8, 4) is 0 Å². The van der Waals surface area contributed by atoms with E-state index in [4.69, 9.17) is 5.41 Å². The smallest absolute Gasteiger partial charge is 0.184 e. The fraction of sp³-hybridized carbons (Fsp3) is 0.0625. The lowest BCUT2D eigenvalue weighted by molar-refractivity contribution is 0.497. The third-order valence-electron chi connectivity index (χ3n) is 3.40.